The van der Waals surface area contributed by atoms with E-state index in [1.54, 1.807) is 23.1 Å². The van der Waals surface area contributed by atoms with Crippen LogP contribution in [0, 0.1) is 0 Å². The van der Waals surface area contributed by atoms with E-state index in [0.717, 1.165) is 18.4 Å². The molecule has 0 unspecified atom stereocenters. The highest BCUT2D eigenvalue weighted by atomic mass is 16.4. The molecule has 2 rings (SSSR count). The minimum atomic E-state index is -0.970. The van der Waals surface area contributed by atoms with Crippen molar-refractivity contribution in [3.05, 3.63) is 34.9 Å². The van der Waals surface area contributed by atoms with Crippen molar-refractivity contribution in [3.63, 3.8) is 0 Å². The molecule has 0 bridgehead atoms. The van der Waals surface area contributed by atoms with Gasteiger partial charge in [-0.15, -0.1) is 0 Å². The lowest BCUT2D eigenvalue weighted by Crippen LogP contribution is -2.26. The zero-order valence-electron chi connectivity index (χ0n) is 12.9. The smallest absolute Gasteiger partial charge is 0.305 e. The molecule has 1 aromatic carbocycles. The van der Waals surface area contributed by atoms with Gasteiger partial charge in [-0.25, -0.2) is 0 Å². The maximum absolute atomic E-state index is 12.4. The number of carbonyl (C=O) groups is 3. The summed E-state index contributed by atoms with van der Waals surface area (Å²) in [6.45, 7) is 1.88. The van der Waals surface area contributed by atoms with Crippen molar-refractivity contribution in [1.29, 1.82) is 0 Å². The third-order valence-corrected chi connectivity index (χ3v) is 3.76. The van der Waals surface area contributed by atoms with Gasteiger partial charge in [-0.05, 0) is 37.1 Å². The number of carboxylic acid groups (broad SMARTS) is 1. The molecule has 0 aromatic heterocycles. The number of benzene rings is 1. The first-order valence-corrected chi connectivity index (χ1v) is 7.65. The molecular formula is C16H21N3O4. The zero-order valence-corrected chi connectivity index (χ0v) is 12.9. The maximum Gasteiger partial charge on any atom is 0.305 e. The third kappa shape index (κ3) is 4.29. The van der Waals surface area contributed by atoms with Crippen LogP contribution < -0.4 is 11.1 Å². The summed E-state index contributed by atoms with van der Waals surface area (Å²) < 4.78 is 0. The highest BCUT2D eigenvalue weighted by molar-refractivity contribution is 6.02. The Morgan fingerprint density at radius 2 is 2.09 bits per heavy atom. The quantitative estimate of drug-likeness (QED) is 0.607. The molecule has 0 fully saturated rings. The summed E-state index contributed by atoms with van der Waals surface area (Å²) >= 11 is 0. The molecule has 0 spiro atoms. The largest absolute Gasteiger partial charge is 0.481 e. The molecular weight excluding hydrogens is 298 g/mol. The second kappa shape index (κ2) is 7.73. The molecule has 1 aliphatic rings. The number of nitrogens with one attached hydrogen (secondary N) is 1. The number of hydrogen-bond acceptors (Lipinski definition) is 4. The zero-order chi connectivity index (χ0) is 16.8. The highest BCUT2D eigenvalue weighted by Crippen LogP contribution is 2.24. The number of carboxylic acids is 1. The number of nitrogens with zero attached hydrogens (tertiary/aromatic N) is 1. The van der Waals surface area contributed by atoms with Gasteiger partial charge in [-0.2, -0.15) is 0 Å². The minimum Gasteiger partial charge on any atom is -0.481 e. The van der Waals surface area contributed by atoms with E-state index in [0.29, 0.717) is 30.8 Å². The van der Waals surface area contributed by atoms with Crippen LogP contribution in [-0.2, 0) is 11.3 Å². The van der Waals surface area contributed by atoms with E-state index in [4.69, 9.17) is 10.8 Å². The van der Waals surface area contributed by atoms with Gasteiger partial charge in [0.2, 0.25) is 0 Å². The molecule has 0 radical (unpaired) electrons. The fraction of sp³-hybridized carbons (Fsp3) is 0.438. The Hall–Kier alpha value is -2.41. The van der Waals surface area contributed by atoms with E-state index in [9.17, 15) is 14.4 Å². The summed E-state index contributed by atoms with van der Waals surface area (Å²) in [5.74, 6) is -1.41. The van der Waals surface area contributed by atoms with Crippen molar-refractivity contribution < 1.29 is 19.5 Å². The summed E-state index contributed by atoms with van der Waals surface area (Å²) in [6, 6.07) is 5.02. The highest BCUT2D eigenvalue weighted by Gasteiger charge is 2.27. The number of amides is 2. The maximum atomic E-state index is 12.4. The summed E-state index contributed by atoms with van der Waals surface area (Å²) in [7, 11) is 0. The van der Waals surface area contributed by atoms with Crippen LogP contribution in [0.15, 0.2) is 18.2 Å². The fourth-order valence-corrected chi connectivity index (χ4v) is 2.52. The second-order valence-corrected chi connectivity index (χ2v) is 5.49. The van der Waals surface area contributed by atoms with Crippen LogP contribution >= 0.6 is 0 Å². The molecule has 0 atom stereocenters. The molecule has 0 saturated carbocycles. The monoisotopic (exact) mass is 319 g/mol. The van der Waals surface area contributed by atoms with Crippen LogP contribution in [0.3, 0.4) is 0 Å². The summed E-state index contributed by atoms with van der Waals surface area (Å²) in [4.78, 5) is 36.5. The van der Waals surface area contributed by atoms with E-state index in [1.807, 2.05) is 0 Å². The summed E-state index contributed by atoms with van der Waals surface area (Å²) in [6.07, 6.45) is 1.60. The molecule has 0 saturated heterocycles. The Kier molecular flexibility index (Phi) is 5.70. The Morgan fingerprint density at radius 1 is 1.30 bits per heavy atom. The predicted octanol–water partition coefficient (Wildman–Crippen LogP) is 0.586. The Labute approximate surface area is 134 Å². The van der Waals surface area contributed by atoms with Gasteiger partial charge in [0.25, 0.3) is 11.8 Å². The predicted molar refractivity (Wildman–Crippen MR) is 84.1 cm³/mol. The number of nitrogens with two attached hydrogens (primary N) is 1. The first-order chi connectivity index (χ1) is 11.0. The van der Waals surface area contributed by atoms with Gasteiger partial charge >= 0.3 is 5.97 Å². The molecule has 7 heteroatoms. The minimum absolute atomic E-state index is 0.0599. The lowest BCUT2D eigenvalue weighted by molar-refractivity contribution is -0.136. The van der Waals surface area contributed by atoms with Gasteiger partial charge in [0, 0.05) is 30.8 Å². The number of carbonyl (C=O) groups excluding carboxylic acids is 2. The van der Waals surface area contributed by atoms with Crippen LogP contribution in [0.2, 0.25) is 0 Å². The normalized spacial score (nSPS) is 13.1. The van der Waals surface area contributed by atoms with Gasteiger partial charge in [0.1, 0.15) is 0 Å². The topological polar surface area (TPSA) is 113 Å². The number of hydrogen-bond donors (Lipinski definition) is 3. The average Bonchev–Trinajstić information content (AvgIpc) is 2.83. The van der Waals surface area contributed by atoms with Crippen molar-refractivity contribution in [2.75, 3.05) is 19.6 Å². The molecule has 1 heterocycles. The van der Waals surface area contributed by atoms with Crippen molar-refractivity contribution in [1.82, 2.24) is 10.2 Å². The average molecular weight is 319 g/mol. The molecule has 7 nitrogen and oxygen atoms in total. The van der Waals surface area contributed by atoms with Crippen LogP contribution in [0.1, 0.15) is 45.5 Å². The molecule has 4 N–H and O–H groups in total. The van der Waals surface area contributed by atoms with Gasteiger partial charge in [-0.3, -0.25) is 14.4 Å². The number of unbranched alkanes of at least 4 members (excludes halogenated alkanes) is 1. The van der Waals surface area contributed by atoms with Crippen molar-refractivity contribution in [2.45, 2.75) is 25.8 Å². The van der Waals surface area contributed by atoms with Gasteiger partial charge in [0.05, 0.1) is 6.42 Å². The SMILES string of the molecule is NCCCCN1Cc2ccc(C(=O)NCCC(=O)O)cc2C1=O. The molecule has 2 amide bonds. The summed E-state index contributed by atoms with van der Waals surface area (Å²) in [5, 5.41) is 11.1. The lowest BCUT2D eigenvalue weighted by Gasteiger charge is -2.14. The molecule has 124 valence electrons. The van der Waals surface area contributed by atoms with Crippen LogP contribution in [0.4, 0.5) is 0 Å². The van der Waals surface area contributed by atoms with Gasteiger partial charge < -0.3 is 21.1 Å². The Morgan fingerprint density at radius 3 is 2.78 bits per heavy atom. The van der Waals surface area contributed by atoms with Crippen molar-refractivity contribution in [3.8, 4) is 0 Å². The second-order valence-electron chi connectivity index (χ2n) is 5.49. The van der Waals surface area contributed by atoms with Crippen molar-refractivity contribution >= 4 is 17.8 Å². The lowest BCUT2D eigenvalue weighted by atomic mass is 10.1. The van der Waals surface area contributed by atoms with E-state index < -0.39 is 5.97 Å². The van der Waals surface area contributed by atoms with Gasteiger partial charge in [-0.1, -0.05) is 6.07 Å². The number of rotatable bonds is 8. The molecule has 1 aliphatic heterocycles. The number of aliphatic carboxylic acids is 1. The first kappa shape index (κ1) is 17.0. The first-order valence-electron chi connectivity index (χ1n) is 7.65. The molecule has 0 aliphatic carbocycles. The molecule has 1 aromatic rings. The third-order valence-electron chi connectivity index (χ3n) is 3.76. The van der Waals surface area contributed by atoms with E-state index in [-0.39, 0.29) is 24.8 Å². The van der Waals surface area contributed by atoms with Crippen LogP contribution in [0.5, 0.6) is 0 Å². The fourth-order valence-electron chi connectivity index (χ4n) is 2.52. The number of fused-ring (bicyclic) bond motifs is 1. The van der Waals surface area contributed by atoms with E-state index >= 15 is 0 Å². The van der Waals surface area contributed by atoms with Crippen LogP contribution in [0.25, 0.3) is 0 Å². The molecule has 23 heavy (non-hydrogen) atoms. The summed E-state index contributed by atoms with van der Waals surface area (Å²) in [5.41, 5.74) is 7.28. The van der Waals surface area contributed by atoms with E-state index in [1.165, 1.54) is 0 Å². The van der Waals surface area contributed by atoms with Crippen LogP contribution in [-0.4, -0.2) is 47.4 Å². The Balaban J connectivity index is 2.00. The van der Waals surface area contributed by atoms with Gasteiger partial charge in [0.15, 0.2) is 0 Å². The van der Waals surface area contributed by atoms with E-state index in [2.05, 4.69) is 5.32 Å². The van der Waals surface area contributed by atoms with Crippen molar-refractivity contribution in [2.24, 2.45) is 5.73 Å². The Bertz CT molecular complexity index is 615. The standard InChI is InChI=1S/C16H21N3O4/c17-6-1-2-8-19-10-12-4-3-11(9-13(12)16(19)23)15(22)18-7-5-14(20)21/h3-4,9H,1-2,5-8,10,17H2,(H,18,22)(H,20,21).